The number of ether oxygens (including phenoxy) is 1. The predicted molar refractivity (Wildman–Crippen MR) is 116 cm³/mol. The fourth-order valence-electron chi connectivity index (χ4n) is 3.07. The van der Waals surface area contributed by atoms with E-state index in [1.807, 2.05) is 6.07 Å². The number of para-hydroxylation sites is 1. The number of hydrogen-bond acceptors (Lipinski definition) is 6. The summed E-state index contributed by atoms with van der Waals surface area (Å²) in [5.74, 6) is 0.0260. The number of furan rings is 1. The van der Waals surface area contributed by atoms with Crippen molar-refractivity contribution in [3.05, 3.63) is 71.9 Å². The first-order chi connectivity index (χ1) is 14.7. The number of carbonyl (C=O) groups excluding carboxylic acids is 1. The third kappa shape index (κ3) is 4.40. The molecule has 4 rings (SSSR count). The van der Waals surface area contributed by atoms with Crippen LogP contribution in [-0.4, -0.2) is 30.4 Å². The van der Waals surface area contributed by atoms with Gasteiger partial charge in [-0.3, -0.25) is 4.79 Å². The van der Waals surface area contributed by atoms with Crippen molar-refractivity contribution in [2.75, 3.05) is 6.26 Å². The molecular weight excluding hydrogens is 440 g/mol. The van der Waals surface area contributed by atoms with Gasteiger partial charge in [0.05, 0.1) is 21.9 Å². The van der Waals surface area contributed by atoms with Crippen molar-refractivity contribution in [2.45, 2.75) is 11.8 Å². The summed E-state index contributed by atoms with van der Waals surface area (Å²) in [6.07, 6.45) is 2.68. The van der Waals surface area contributed by atoms with Crippen LogP contribution in [-0.2, 0) is 14.6 Å². The van der Waals surface area contributed by atoms with E-state index in [0.717, 1.165) is 6.26 Å². The molecule has 0 unspecified atom stereocenters. The van der Waals surface area contributed by atoms with Crippen LogP contribution >= 0.6 is 11.6 Å². The van der Waals surface area contributed by atoms with E-state index in [0.29, 0.717) is 33.3 Å². The lowest BCUT2D eigenvalue weighted by Gasteiger charge is -2.07. The van der Waals surface area contributed by atoms with Crippen LogP contribution in [0.5, 0.6) is 5.88 Å². The van der Waals surface area contributed by atoms with Crippen LogP contribution in [0.25, 0.3) is 28.3 Å². The molecule has 0 aliphatic carbocycles. The van der Waals surface area contributed by atoms with Gasteiger partial charge in [0, 0.05) is 24.8 Å². The van der Waals surface area contributed by atoms with Gasteiger partial charge in [-0.25, -0.2) is 13.1 Å². The Morgan fingerprint density at radius 3 is 2.55 bits per heavy atom. The van der Waals surface area contributed by atoms with Gasteiger partial charge in [-0.2, -0.15) is 0 Å². The molecule has 0 N–H and O–H groups in total. The van der Waals surface area contributed by atoms with Gasteiger partial charge in [-0.15, -0.1) is 5.10 Å². The fourth-order valence-corrected chi connectivity index (χ4v) is 3.95. The Kier molecular flexibility index (Phi) is 5.43. The van der Waals surface area contributed by atoms with Crippen LogP contribution < -0.4 is 4.74 Å². The summed E-state index contributed by atoms with van der Waals surface area (Å²) in [6, 6.07) is 17.0. The van der Waals surface area contributed by atoms with Gasteiger partial charge < -0.3 is 9.15 Å². The monoisotopic (exact) mass is 456 g/mol. The average Bonchev–Trinajstić information content (AvgIpc) is 3.34. The summed E-state index contributed by atoms with van der Waals surface area (Å²) >= 11 is 6.34. The molecule has 2 heterocycles. The van der Waals surface area contributed by atoms with Crippen LogP contribution in [0.4, 0.5) is 0 Å². The van der Waals surface area contributed by atoms with Crippen molar-refractivity contribution >= 4 is 27.4 Å². The highest BCUT2D eigenvalue weighted by atomic mass is 35.5. The van der Waals surface area contributed by atoms with Crippen molar-refractivity contribution in [2.24, 2.45) is 0 Å². The molecule has 0 saturated heterocycles. The number of rotatable bonds is 5. The maximum Gasteiger partial charge on any atom is 0.309 e. The Labute approximate surface area is 183 Å². The zero-order chi connectivity index (χ0) is 22.2. The molecule has 0 aliphatic heterocycles. The number of benzene rings is 2. The second-order valence-corrected chi connectivity index (χ2v) is 9.25. The Bertz CT molecular complexity index is 1390. The number of hydrogen-bond donors (Lipinski definition) is 0. The summed E-state index contributed by atoms with van der Waals surface area (Å²) in [5, 5.41) is 4.79. The maximum absolute atomic E-state index is 11.9. The Morgan fingerprint density at radius 1 is 1.06 bits per heavy atom. The highest BCUT2D eigenvalue weighted by Gasteiger charge is 2.19. The molecule has 0 amide bonds. The van der Waals surface area contributed by atoms with Crippen molar-refractivity contribution in [1.29, 1.82) is 0 Å². The van der Waals surface area contributed by atoms with E-state index >= 15 is 0 Å². The molecule has 9 heteroatoms. The molecule has 4 aromatic rings. The Balaban J connectivity index is 1.81. The Hall–Kier alpha value is -3.36. The standard InChI is InChI=1S/C22H17ClN2O5S/c1-14(26)30-22-12-20(25(24-22)19-9-4-3-8-18(19)23)21-11-16(13-29-21)15-6-5-7-17(10-15)31(2,27)28/h3-13H,1-2H3. The fraction of sp³-hybridized carbons (Fsp3) is 0.0909. The van der Waals surface area contributed by atoms with Crippen molar-refractivity contribution < 1.29 is 22.4 Å². The van der Waals surface area contributed by atoms with Gasteiger partial charge in [-0.1, -0.05) is 35.9 Å². The maximum atomic E-state index is 11.9. The number of sulfone groups is 1. The van der Waals surface area contributed by atoms with Crippen molar-refractivity contribution in [3.63, 3.8) is 0 Å². The summed E-state index contributed by atoms with van der Waals surface area (Å²) in [7, 11) is -3.34. The predicted octanol–water partition coefficient (Wildman–Crippen LogP) is 4.78. The lowest BCUT2D eigenvalue weighted by atomic mass is 10.1. The highest BCUT2D eigenvalue weighted by molar-refractivity contribution is 7.90. The zero-order valence-electron chi connectivity index (χ0n) is 16.6. The molecule has 7 nitrogen and oxygen atoms in total. The SMILES string of the molecule is CC(=O)Oc1cc(-c2cc(-c3cccc(S(C)(=O)=O)c3)co2)n(-c2ccccc2Cl)n1. The smallest absolute Gasteiger partial charge is 0.309 e. The molecule has 0 bridgehead atoms. The first-order valence-electron chi connectivity index (χ1n) is 9.15. The lowest BCUT2D eigenvalue weighted by Crippen LogP contribution is -2.03. The normalized spacial score (nSPS) is 11.5. The van der Waals surface area contributed by atoms with E-state index in [1.165, 1.54) is 23.9 Å². The zero-order valence-corrected chi connectivity index (χ0v) is 18.1. The van der Waals surface area contributed by atoms with E-state index in [9.17, 15) is 13.2 Å². The lowest BCUT2D eigenvalue weighted by molar-refractivity contribution is -0.132. The number of carbonyl (C=O) groups is 1. The number of halogens is 1. The number of aromatic nitrogens is 2. The van der Waals surface area contributed by atoms with E-state index in [1.54, 1.807) is 48.5 Å². The second kappa shape index (κ2) is 8.05. The molecule has 0 radical (unpaired) electrons. The minimum atomic E-state index is -3.34. The molecule has 2 aromatic heterocycles. The van der Waals surface area contributed by atoms with Gasteiger partial charge in [0.25, 0.3) is 0 Å². The minimum Gasteiger partial charge on any atom is -0.462 e. The highest BCUT2D eigenvalue weighted by Crippen LogP contribution is 2.34. The molecule has 0 saturated carbocycles. The molecule has 31 heavy (non-hydrogen) atoms. The van der Waals surface area contributed by atoms with Crippen LogP contribution in [0, 0.1) is 0 Å². The van der Waals surface area contributed by atoms with Crippen molar-refractivity contribution in [1.82, 2.24) is 9.78 Å². The van der Waals surface area contributed by atoms with Gasteiger partial charge in [0.1, 0.15) is 5.69 Å². The molecule has 0 fully saturated rings. The van der Waals surface area contributed by atoms with Crippen LogP contribution in [0.2, 0.25) is 5.02 Å². The minimum absolute atomic E-state index is 0.0967. The van der Waals surface area contributed by atoms with Gasteiger partial charge in [0.2, 0.25) is 5.88 Å². The van der Waals surface area contributed by atoms with E-state index in [2.05, 4.69) is 5.10 Å². The van der Waals surface area contributed by atoms with Gasteiger partial charge in [-0.05, 0) is 35.9 Å². The molecule has 0 atom stereocenters. The number of esters is 1. The topological polar surface area (TPSA) is 91.4 Å². The molecule has 158 valence electrons. The number of nitrogens with zero attached hydrogens (tertiary/aromatic N) is 2. The largest absolute Gasteiger partial charge is 0.462 e. The quantitative estimate of drug-likeness (QED) is 0.401. The first kappa shape index (κ1) is 20.9. The second-order valence-electron chi connectivity index (χ2n) is 6.82. The van der Waals surface area contributed by atoms with Crippen molar-refractivity contribution in [3.8, 4) is 34.1 Å². The van der Waals surface area contributed by atoms with Crippen LogP contribution in [0.3, 0.4) is 0 Å². The summed E-state index contributed by atoms with van der Waals surface area (Å²) in [5.41, 5.74) is 2.45. The summed E-state index contributed by atoms with van der Waals surface area (Å²) < 4.78 is 36.2. The molecule has 2 aromatic carbocycles. The average molecular weight is 457 g/mol. The molecule has 0 spiro atoms. The molecular formula is C22H17ClN2O5S. The Morgan fingerprint density at radius 2 is 1.84 bits per heavy atom. The molecule has 0 aliphatic rings. The summed E-state index contributed by atoms with van der Waals surface area (Å²) in [6.45, 7) is 1.29. The van der Waals surface area contributed by atoms with Gasteiger partial charge in [0.15, 0.2) is 15.6 Å². The summed E-state index contributed by atoms with van der Waals surface area (Å²) in [4.78, 5) is 11.6. The third-order valence-electron chi connectivity index (χ3n) is 4.46. The van der Waals surface area contributed by atoms with Crippen LogP contribution in [0.15, 0.2) is 76.2 Å². The first-order valence-corrected chi connectivity index (χ1v) is 11.4. The van der Waals surface area contributed by atoms with Gasteiger partial charge >= 0.3 is 5.97 Å². The van der Waals surface area contributed by atoms with E-state index in [4.69, 9.17) is 20.8 Å². The van der Waals surface area contributed by atoms with E-state index < -0.39 is 15.8 Å². The van der Waals surface area contributed by atoms with E-state index in [-0.39, 0.29) is 10.8 Å². The third-order valence-corrected chi connectivity index (χ3v) is 5.89. The van der Waals surface area contributed by atoms with Crippen LogP contribution in [0.1, 0.15) is 6.92 Å².